The zero-order valence-electron chi connectivity index (χ0n) is 15.8. The first kappa shape index (κ1) is 17.9. The van der Waals surface area contributed by atoms with Gasteiger partial charge in [-0.25, -0.2) is 0 Å². The second-order valence-electron chi connectivity index (χ2n) is 6.96. The van der Waals surface area contributed by atoms with Crippen LogP contribution in [-0.2, 0) is 13.1 Å². The highest BCUT2D eigenvalue weighted by Crippen LogP contribution is 2.26. The Morgan fingerprint density at radius 3 is 2.29 bits per heavy atom. The van der Waals surface area contributed by atoms with Crippen molar-refractivity contribution >= 4 is 17.5 Å². The molecule has 3 aromatic rings. The lowest BCUT2D eigenvalue weighted by Crippen LogP contribution is -2.34. The van der Waals surface area contributed by atoms with Crippen LogP contribution in [-0.4, -0.2) is 27.2 Å². The van der Waals surface area contributed by atoms with Gasteiger partial charge >= 0.3 is 0 Å². The third kappa shape index (κ3) is 3.38. The van der Waals surface area contributed by atoms with Crippen LogP contribution in [0.2, 0.25) is 0 Å². The minimum atomic E-state index is -0.512. The molecule has 0 fully saturated rings. The van der Waals surface area contributed by atoms with E-state index in [2.05, 4.69) is 15.5 Å². The Morgan fingerprint density at radius 1 is 0.964 bits per heavy atom. The second-order valence-corrected chi connectivity index (χ2v) is 6.96. The van der Waals surface area contributed by atoms with Crippen molar-refractivity contribution in [2.24, 2.45) is 0 Å². The van der Waals surface area contributed by atoms with Gasteiger partial charge in [0, 0.05) is 25.3 Å². The Labute approximate surface area is 162 Å². The summed E-state index contributed by atoms with van der Waals surface area (Å²) in [4.78, 5) is 27.1. The standard InChI is InChI=1S/C21H21N5O2/c1-14-3-7-16(8-4-14)13-22-19(27)18-20(28)26-12-11-25(21(26)24-23-18)17-9-5-15(2)6-10-17/h3-10H,11-13H2,1-2H3,(H,22,27). The predicted molar refractivity (Wildman–Crippen MR) is 107 cm³/mol. The number of aromatic nitrogens is 3. The zero-order chi connectivity index (χ0) is 19.7. The first-order valence-corrected chi connectivity index (χ1v) is 9.18. The molecule has 1 aliphatic heterocycles. The van der Waals surface area contributed by atoms with Crippen LogP contribution in [0.1, 0.15) is 27.2 Å². The number of hydrogen-bond acceptors (Lipinski definition) is 5. The fraction of sp³-hybridized carbons (Fsp3) is 0.238. The molecule has 0 aliphatic carbocycles. The first-order chi connectivity index (χ1) is 13.5. The van der Waals surface area contributed by atoms with Crippen LogP contribution in [0, 0.1) is 13.8 Å². The summed E-state index contributed by atoms with van der Waals surface area (Å²) in [6, 6.07) is 15.8. The first-order valence-electron chi connectivity index (χ1n) is 9.18. The molecule has 0 radical (unpaired) electrons. The number of anilines is 2. The molecule has 0 unspecified atom stereocenters. The van der Waals surface area contributed by atoms with Crippen molar-refractivity contribution in [1.82, 2.24) is 20.1 Å². The summed E-state index contributed by atoms with van der Waals surface area (Å²) in [6.07, 6.45) is 0. The number of carbonyl (C=O) groups excluding carboxylic acids is 1. The molecular weight excluding hydrogens is 354 g/mol. The minimum Gasteiger partial charge on any atom is -0.346 e. The van der Waals surface area contributed by atoms with E-state index in [1.165, 1.54) is 4.57 Å². The van der Waals surface area contributed by atoms with Gasteiger partial charge < -0.3 is 10.2 Å². The maximum absolute atomic E-state index is 12.8. The van der Waals surface area contributed by atoms with Crippen molar-refractivity contribution in [1.29, 1.82) is 0 Å². The summed E-state index contributed by atoms with van der Waals surface area (Å²) >= 11 is 0. The highest BCUT2D eigenvalue weighted by atomic mass is 16.2. The van der Waals surface area contributed by atoms with Gasteiger partial charge in [0.05, 0.1) is 0 Å². The van der Waals surface area contributed by atoms with Crippen LogP contribution in [0.5, 0.6) is 0 Å². The fourth-order valence-electron chi connectivity index (χ4n) is 3.20. The number of fused-ring (bicyclic) bond motifs is 1. The van der Waals surface area contributed by atoms with Crippen LogP contribution < -0.4 is 15.8 Å². The summed E-state index contributed by atoms with van der Waals surface area (Å²) in [7, 11) is 0. The molecule has 1 amide bonds. The average Bonchev–Trinajstić information content (AvgIpc) is 3.13. The molecule has 0 saturated carbocycles. The Balaban J connectivity index is 1.54. The van der Waals surface area contributed by atoms with Gasteiger partial charge in [0.1, 0.15) is 0 Å². The van der Waals surface area contributed by atoms with Gasteiger partial charge in [-0.2, -0.15) is 0 Å². The Bertz CT molecular complexity index is 1070. The quantitative estimate of drug-likeness (QED) is 0.757. The number of benzene rings is 2. The van der Waals surface area contributed by atoms with E-state index >= 15 is 0 Å². The molecule has 0 saturated heterocycles. The molecule has 0 spiro atoms. The van der Waals surface area contributed by atoms with Crippen molar-refractivity contribution in [2.45, 2.75) is 26.9 Å². The average molecular weight is 375 g/mol. The Hall–Kier alpha value is -3.48. The molecular formula is C21H21N5O2. The molecule has 4 rings (SSSR count). The fourth-order valence-corrected chi connectivity index (χ4v) is 3.20. The molecule has 1 N–H and O–H groups in total. The van der Waals surface area contributed by atoms with E-state index in [4.69, 9.17) is 0 Å². The summed E-state index contributed by atoms with van der Waals surface area (Å²) in [5.74, 6) is -0.0499. The molecule has 1 aliphatic rings. The maximum Gasteiger partial charge on any atom is 0.286 e. The van der Waals surface area contributed by atoms with E-state index in [-0.39, 0.29) is 5.69 Å². The molecule has 2 aromatic carbocycles. The monoisotopic (exact) mass is 375 g/mol. The summed E-state index contributed by atoms with van der Waals surface area (Å²) < 4.78 is 1.51. The SMILES string of the molecule is Cc1ccc(CNC(=O)c2nnc3n(c2=O)CCN3c2ccc(C)cc2)cc1. The molecule has 0 bridgehead atoms. The van der Waals surface area contributed by atoms with Gasteiger partial charge in [0.25, 0.3) is 11.5 Å². The molecule has 142 valence electrons. The van der Waals surface area contributed by atoms with E-state index in [1.54, 1.807) is 0 Å². The number of aryl methyl sites for hydroxylation is 2. The largest absolute Gasteiger partial charge is 0.346 e. The molecule has 28 heavy (non-hydrogen) atoms. The van der Waals surface area contributed by atoms with E-state index in [1.807, 2.05) is 67.3 Å². The number of hydrogen-bond donors (Lipinski definition) is 1. The van der Waals surface area contributed by atoms with Gasteiger partial charge in [-0.3, -0.25) is 14.2 Å². The number of nitrogens with zero attached hydrogens (tertiary/aromatic N) is 4. The van der Waals surface area contributed by atoms with E-state index in [0.717, 1.165) is 22.4 Å². The van der Waals surface area contributed by atoms with Gasteiger partial charge in [-0.05, 0) is 31.5 Å². The zero-order valence-corrected chi connectivity index (χ0v) is 15.8. The second kappa shape index (κ2) is 7.26. The van der Waals surface area contributed by atoms with E-state index < -0.39 is 11.5 Å². The molecule has 7 nitrogen and oxygen atoms in total. The van der Waals surface area contributed by atoms with E-state index in [9.17, 15) is 9.59 Å². The third-order valence-corrected chi connectivity index (χ3v) is 4.85. The minimum absolute atomic E-state index is 0.179. The highest BCUT2D eigenvalue weighted by molar-refractivity contribution is 5.91. The summed E-state index contributed by atoms with van der Waals surface area (Å²) in [5.41, 5.74) is 3.62. The lowest BCUT2D eigenvalue weighted by Gasteiger charge is -2.16. The number of carbonyl (C=O) groups is 1. The normalized spacial score (nSPS) is 12.7. The van der Waals surface area contributed by atoms with Crippen molar-refractivity contribution < 1.29 is 4.79 Å². The van der Waals surface area contributed by atoms with Crippen LogP contribution in [0.4, 0.5) is 11.6 Å². The Morgan fingerprint density at radius 2 is 1.61 bits per heavy atom. The topological polar surface area (TPSA) is 80.1 Å². The number of nitrogens with one attached hydrogen (secondary N) is 1. The van der Waals surface area contributed by atoms with Crippen LogP contribution in [0.15, 0.2) is 53.3 Å². The molecule has 7 heteroatoms. The number of amides is 1. The van der Waals surface area contributed by atoms with Crippen LogP contribution >= 0.6 is 0 Å². The molecule has 1 aromatic heterocycles. The predicted octanol–water partition coefficient (Wildman–Crippen LogP) is 2.34. The Kier molecular flexibility index (Phi) is 4.65. The van der Waals surface area contributed by atoms with Gasteiger partial charge in [0.2, 0.25) is 11.6 Å². The molecule has 2 heterocycles. The third-order valence-electron chi connectivity index (χ3n) is 4.85. The van der Waals surface area contributed by atoms with Crippen molar-refractivity contribution in [3.63, 3.8) is 0 Å². The van der Waals surface area contributed by atoms with Crippen molar-refractivity contribution in [3.05, 3.63) is 81.3 Å². The maximum atomic E-state index is 12.8. The van der Waals surface area contributed by atoms with Crippen LogP contribution in [0.3, 0.4) is 0 Å². The summed E-state index contributed by atoms with van der Waals surface area (Å²) in [5, 5.41) is 10.8. The van der Waals surface area contributed by atoms with Crippen molar-refractivity contribution in [3.8, 4) is 0 Å². The smallest absolute Gasteiger partial charge is 0.286 e. The summed E-state index contributed by atoms with van der Waals surface area (Å²) in [6.45, 7) is 5.44. The van der Waals surface area contributed by atoms with E-state index in [0.29, 0.717) is 25.6 Å². The van der Waals surface area contributed by atoms with Gasteiger partial charge in [-0.15, -0.1) is 10.2 Å². The highest BCUT2D eigenvalue weighted by Gasteiger charge is 2.27. The molecule has 0 atom stereocenters. The number of rotatable bonds is 4. The lowest BCUT2D eigenvalue weighted by atomic mass is 10.1. The van der Waals surface area contributed by atoms with Gasteiger partial charge in [0.15, 0.2) is 0 Å². The lowest BCUT2D eigenvalue weighted by molar-refractivity contribution is 0.0942. The van der Waals surface area contributed by atoms with Crippen molar-refractivity contribution in [2.75, 3.05) is 11.4 Å². The van der Waals surface area contributed by atoms with Gasteiger partial charge in [-0.1, -0.05) is 47.5 Å². The van der Waals surface area contributed by atoms with Crippen LogP contribution in [0.25, 0.3) is 0 Å².